The summed E-state index contributed by atoms with van der Waals surface area (Å²) in [6.45, 7) is 3.96. The second kappa shape index (κ2) is 11.3. The average Bonchev–Trinajstić information content (AvgIpc) is 3.36. The SMILES string of the molecule is COCCS(=O)(=O)/N=C/C1CCCc2c(-c3nnc(-c4ccc(OC(C)C)c(C#N)c4)s3)cccc21. The van der Waals surface area contributed by atoms with E-state index in [0.717, 1.165) is 46.5 Å². The van der Waals surface area contributed by atoms with Crippen molar-refractivity contribution in [1.29, 1.82) is 5.26 Å². The van der Waals surface area contributed by atoms with Gasteiger partial charge in [0.1, 0.15) is 21.8 Å². The minimum atomic E-state index is -3.56. The van der Waals surface area contributed by atoms with Gasteiger partial charge in [-0.2, -0.15) is 9.66 Å². The van der Waals surface area contributed by atoms with Gasteiger partial charge in [0, 0.05) is 30.4 Å². The number of hydrogen-bond acceptors (Lipinski definition) is 8. The van der Waals surface area contributed by atoms with Crippen LogP contribution >= 0.6 is 11.3 Å². The van der Waals surface area contributed by atoms with Crippen LogP contribution in [0.1, 0.15) is 49.3 Å². The molecule has 0 amide bonds. The lowest BCUT2D eigenvalue weighted by molar-refractivity contribution is 0.217. The van der Waals surface area contributed by atoms with Gasteiger partial charge < -0.3 is 9.47 Å². The predicted molar refractivity (Wildman–Crippen MR) is 141 cm³/mol. The van der Waals surface area contributed by atoms with Crippen LogP contribution in [0.2, 0.25) is 0 Å². The fraction of sp³-hybridized carbons (Fsp3) is 0.385. The third kappa shape index (κ3) is 5.98. The second-order valence-corrected chi connectivity index (χ2v) is 11.6. The molecule has 0 saturated heterocycles. The van der Waals surface area contributed by atoms with Crippen LogP contribution in [-0.2, 0) is 21.2 Å². The Kier molecular flexibility index (Phi) is 8.14. The molecule has 1 atom stereocenters. The predicted octanol–water partition coefficient (Wildman–Crippen LogP) is 5.00. The Labute approximate surface area is 215 Å². The molecule has 0 spiro atoms. The highest BCUT2D eigenvalue weighted by molar-refractivity contribution is 7.90. The van der Waals surface area contributed by atoms with E-state index in [1.807, 2.05) is 38.1 Å². The average molecular weight is 525 g/mol. The third-order valence-corrected chi connectivity index (χ3v) is 8.00. The van der Waals surface area contributed by atoms with Crippen molar-refractivity contribution in [3.8, 4) is 33.0 Å². The van der Waals surface area contributed by atoms with E-state index in [9.17, 15) is 13.7 Å². The van der Waals surface area contributed by atoms with Gasteiger partial charge in [-0.05, 0) is 62.4 Å². The standard InChI is InChI=1S/C26H28N4O4S2/c1-17(2)34-24-11-10-18(14-20(24)15-27)25-29-30-26(35-25)23-9-5-7-21-19(6-4-8-22(21)23)16-28-36(31,32)13-12-33-3/h5,7,9-11,14,16-17,19H,4,6,8,12-13H2,1-3H3/b28-16+. The zero-order valence-electron chi connectivity index (χ0n) is 20.5. The number of fused-ring (bicyclic) bond motifs is 1. The van der Waals surface area contributed by atoms with Crippen LogP contribution < -0.4 is 4.74 Å². The van der Waals surface area contributed by atoms with Gasteiger partial charge in [-0.15, -0.1) is 10.2 Å². The number of benzene rings is 2. The van der Waals surface area contributed by atoms with E-state index < -0.39 is 10.0 Å². The minimum Gasteiger partial charge on any atom is -0.490 e. The fourth-order valence-electron chi connectivity index (χ4n) is 4.20. The van der Waals surface area contributed by atoms with Gasteiger partial charge in [-0.1, -0.05) is 29.5 Å². The van der Waals surface area contributed by atoms with Crippen LogP contribution in [0.4, 0.5) is 0 Å². The zero-order valence-corrected chi connectivity index (χ0v) is 22.1. The molecule has 0 aliphatic heterocycles. The highest BCUT2D eigenvalue weighted by atomic mass is 32.2. The molecule has 188 valence electrons. The fourth-order valence-corrected chi connectivity index (χ4v) is 5.91. The van der Waals surface area contributed by atoms with Gasteiger partial charge in [0.2, 0.25) is 0 Å². The Balaban J connectivity index is 1.62. The lowest BCUT2D eigenvalue weighted by Gasteiger charge is -2.24. The van der Waals surface area contributed by atoms with Crippen LogP contribution in [0.15, 0.2) is 40.8 Å². The maximum atomic E-state index is 12.2. The van der Waals surface area contributed by atoms with Gasteiger partial charge in [0.05, 0.1) is 24.0 Å². The van der Waals surface area contributed by atoms with E-state index in [2.05, 4.69) is 20.7 Å². The number of nitriles is 1. The summed E-state index contributed by atoms with van der Waals surface area (Å²) in [6.07, 6.45) is 4.17. The summed E-state index contributed by atoms with van der Waals surface area (Å²) in [5, 5.41) is 19.9. The maximum absolute atomic E-state index is 12.2. The summed E-state index contributed by atoms with van der Waals surface area (Å²) >= 11 is 1.46. The van der Waals surface area contributed by atoms with Crippen molar-refractivity contribution < 1.29 is 17.9 Å². The normalized spacial score (nSPS) is 15.7. The van der Waals surface area contributed by atoms with Gasteiger partial charge >= 0.3 is 0 Å². The Morgan fingerprint density at radius 3 is 2.81 bits per heavy atom. The highest BCUT2D eigenvalue weighted by Crippen LogP contribution is 2.39. The Morgan fingerprint density at radius 2 is 2.06 bits per heavy atom. The molecule has 1 heterocycles. The third-order valence-electron chi connectivity index (χ3n) is 5.87. The van der Waals surface area contributed by atoms with Crippen molar-refractivity contribution in [2.24, 2.45) is 4.40 Å². The Morgan fingerprint density at radius 1 is 1.25 bits per heavy atom. The minimum absolute atomic E-state index is 0.0281. The first kappa shape index (κ1) is 25.9. The van der Waals surface area contributed by atoms with Crippen molar-refractivity contribution in [3.05, 3.63) is 53.1 Å². The lowest BCUT2D eigenvalue weighted by Crippen LogP contribution is -2.14. The van der Waals surface area contributed by atoms with Gasteiger partial charge in [0.25, 0.3) is 10.0 Å². The summed E-state index contributed by atoms with van der Waals surface area (Å²) in [4.78, 5) is 0. The summed E-state index contributed by atoms with van der Waals surface area (Å²) < 4.78 is 38.8. The molecule has 36 heavy (non-hydrogen) atoms. The first-order valence-electron chi connectivity index (χ1n) is 11.7. The van der Waals surface area contributed by atoms with E-state index >= 15 is 0 Å². The molecule has 4 rings (SSSR count). The maximum Gasteiger partial charge on any atom is 0.255 e. The van der Waals surface area contributed by atoms with Gasteiger partial charge in [0.15, 0.2) is 0 Å². The lowest BCUT2D eigenvalue weighted by atomic mass is 9.81. The van der Waals surface area contributed by atoms with E-state index in [1.54, 1.807) is 18.3 Å². The van der Waals surface area contributed by atoms with Crippen LogP contribution in [0.5, 0.6) is 5.75 Å². The molecule has 0 radical (unpaired) electrons. The number of hydrogen-bond donors (Lipinski definition) is 0. The topological polar surface area (TPSA) is 115 Å². The van der Waals surface area contributed by atoms with Crippen molar-refractivity contribution >= 4 is 27.6 Å². The summed E-state index contributed by atoms with van der Waals surface area (Å²) in [5.74, 6) is 0.339. The first-order chi connectivity index (χ1) is 17.3. The molecule has 1 aliphatic carbocycles. The highest BCUT2D eigenvalue weighted by Gasteiger charge is 2.24. The molecule has 8 nitrogen and oxygen atoms in total. The molecule has 0 saturated carbocycles. The number of rotatable bonds is 9. The molecule has 1 unspecified atom stereocenters. The number of aromatic nitrogens is 2. The molecule has 0 bridgehead atoms. The van der Waals surface area contributed by atoms with Crippen LogP contribution in [0, 0.1) is 11.3 Å². The van der Waals surface area contributed by atoms with E-state index in [4.69, 9.17) is 9.47 Å². The molecule has 0 fully saturated rings. The zero-order chi connectivity index (χ0) is 25.7. The van der Waals surface area contributed by atoms with Crippen molar-refractivity contribution in [2.45, 2.75) is 45.1 Å². The smallest absolute Gasteiger partial charge is 0.255 e. The first-order valence-corrected chi connectivity index (χ1v) is 14.2. The van der Waals surface area contributed by atoms with E-state index in [-0.39, 0.29) is 24.4 Å². The molecular weight excluding hydrogens is 496 g/mol. The number of methoxy groups -OCH3 is 1. The largest absolute Gasteiger partial charge is 0.490 e. The van der Waals surface area contributed by atoms with Gasteiger partial charge in [-0.3, -0.25) is 0 Å². The monoisotopic (exact) mass is 524 g/mol. The molecule has 1 aliphatic rings. The van der Waals surface area contributed by atoms with Crippen LogP contribution in [0.25, 0.3) is 21.1 Å². The van der Waals surface area contributed by atoms with Crippen LogP contribution in [0.3, 0.4) is 0 Å². The van der Waals surface area contributed by atoms with Crippen LogP contribution in [-0.4, -0.2) is 50.4 Å². The molecule has 0 N–H and O–H groups in total. The second-order valence-electron chi connectivity index (χ2n) is 8.81. The molecule has 2 aromatic carbocycles. The number of ether oxygens (including phenoxy) is 2. The van der Waals surface area contributed by atoms with E-state index in [1.165, 1.54) is 18.4 Å². The summed E-state index contributed by atoms with van der Waals surface area (Å²) in [7, 11) is -2.09. The van der Waals surface area contributed by atoms with Gasteiger partial charge in [-0.25, -0.2) is 8.42 Å². The van der Waals surface area contributed by atoms with E-state index in [0.29, 0.717) is 16.3 Å². The molecule has 3 aromatic rings. The summed E-state index contributed by atoms with van der Waals surface area (Å²) in [6, 6.07) is 13.7. The summed E-state index contributed by atoms with van der Waals surface area (Å²) in [5.41, 5.74) is 4.48. The number of nitrogens with zero attached hydrogens (tertiary/aromatic N) is 4. The molecule has 10 heteroatoms. The van der Waals surface area contributed by atoms with Crippen molar-refractivity contribution in [3.63, 3.8) is 0 Å². The Bertz CT molecular complexity index is 1410. The van der Waals surface area contributed by atoms with Crippen molar-refractivity contribution in [1.82, 2.24) is 10.2 Å². The Hall–Kier alpha value is -3.13. The molecule has 1 aromatic heterocycles. The molecular formula is C26H28N4O4S2. The quantitative estimate of drug-likeness (QED) is 0.362. The van der Waals surface area contributed by atoms with Crippen molar-refractivity contribution in [2.75, 3.05) is 19.5 Å². The number of sulfonamides is 1.